The minimum absolute atomic E-state index is 0.0544. The van der Waals surface area contributed by atoms with Gasteiger partial charge in [-0.05, 0) is 66.9 Å². The van der Waals surface area contributed by atoms with Crippen LogP contribution in [0, 0.1) is 11.6 Å². The van der Waals surface area contributed by atoms with Crippen molar-refractivity contribution in [2.24, 2.45) is 0 Å². The van der Waals surface area contributed by atoms with Crippen molar-refractivity contribution < 1.29 is 46.3 Å². The molecule has 2 fully saturated rings. The maximum absolute atomic E-state index is 15.1. The highest BCUT2D eigenvalue weighted by Crippen LogP contribution is 2.25. The maximum Gasteiger partial charge on any atom is 0.331 e. The number of carbonyl (C=O) groups is 5. The van der Waals surface area contributed by atoms with E-state index in [2.05, 4.69) is 10.6 Å². The molecule has 2 aliphatic rings. The number of amides is 5. The van der Waals surface area contributed by atoms with Crippen LogP contribution in [0.4, 0.5) is 25.0 Å². The molecule has 16 heteroatoms. The lowest BCUT2D eigenvalue weighted by Crippen LogP contribution is -2.50. The summed E-state index contributed by atoms with van der Waals surface area (Å²) >= 11 is 0. The Morgan fingerprint density at radius 3 is 2.14 bits per heavy atom. The molecule has 0 aromatic heterocycles. The maximum atomic E-state index is 15.1. The van der Waals surface area contributed by atoms with Crippen molar-refractivity contribution in [1.82, 2.24) is 15.5 Å². The Labute approximate surface area is 286 Å². The number of imide groups is 1. The second kappa shape index (κ2) is 15.0. The van der Waals surface area contributed by atoms with E-state index in [-0.39, 0.29) is 47.5 Å². The van der Waals surface area contributed by atoms with E-state index in [1.165, 1.54) is 53.4 Å². The molecule has 5 amide bonds. The number of carbonyl (C=O) groups excluding carboxylic acids is 4. The highest BCUT2D eigenvalue weighted by atomic mass is 32.2. The predicted octanol–water partition coefficient (Wildman–Crippen LogP) is 4.04. The molecule has 1 heterocycles. The number of nitrogens with one attached hydrogen (secondary N) is 3. The summed E-state index contributed by atoms with van der Waals surface area (Å²) in [6.45, 7) is 0.280. The van der Waals surface area contributed by atoms with E-state index >= 15 is 8.78 Å². The predicted molar refractivity (Wildman–Crippen MR) is 177 cm³/mol. The first-order chi connectivity index (χ1) is 23.7. The second-order valence-corrected chi connectivity index (χ2v) is 13.9. The van der Waals surface area contributed by atoms with Gasteiger partial charge >= 0.3 is 12.0 Å². The van der Waals surface area contributed by atoms with E-state index in [9.17, 15) is 37.5 Å². The fourth-order valence-corrected chi connectivity index (χ4v) is 6.85. The molecule has 1 saturated carbocycles. The van der Waals surface area contributed by atoms with Gasteiger partial charge in [-0.1, -0.05) is 31.4 Å². The number of halogens is 2. The summed E-state index contributed by atoms with van der Waals surface area (Å²) in [5.74, 6) is -6.55. The molecule has 1 saturated heterocycles. The highest BCUT2D eigenvalue weighted by Gasteiger charge is 2.31. The monoisotopic (exact) mass is 711 g/mol. The molecule has 264 valence electrons. The largest absolute Gasteiger partial charge is 0.480 e. The summed E-state index contributed by atoms with van der Waals surface area (Å²) in [4.78, 5) is 64.2. The molecule has 1 atom stereocenters. The third kappa shape index (κ3) is 8.25. The van der Waals surface area contributed by atoms with Crippen LogP contribution in [0.1, 0.15) is 64.8 Å². The molecule has 0 unspecified atom stereocenters. The van der Waals surface area contributed by atoms with Crippen molar-refractivity contribution in [1.29, 1.82) is 0 Å². The zero-order valence-corrected chi connectivity index (χ0v) is 27.8. The van der Waals surface area contributed by atoms with Gasteiger partial charge in [0.05, 0.1) is 16.3 Å². The SMILES string of the molecule is CN1CCC(=O)N(c2ccc(C[C@H](NC(=O)c3c(F)cc(NS(=O)(=O)c4ccc(C(=O)NC5CCCCC5)cc4)cc3F)C(=O)O)cc2)C1=O. The minimum Gasteiger partial charge on any atom is -0.480 e. The Kier molecular flexibility index (Phi) is 10.8. The number of hydrogen-bond acceptors (Lipinski definition) is 7. The summed E-state index contributed by atoms with van der Waals surface area (Å²) in [5, 5.41) is 14.7. The van der Waals surface area contributed by atoms with Crippen LogP contribution in [0.25, 0.3) is 0 Å². The third-order valence-electron chi connectivity index (χ3n) is 8.55. The van der Waals surface area contributed by atoms with Gasteiger partial charge in [-0.25, -0.2) is 31.7 Å². The molecular formula is C34H35F2N5O8S. The van der Waals surface area contributed by atoms with E-state index in [1.807, 2.05) is 4.72 Å². The Morgan fingerprint density at radius 1 is 0.920 bits per heavy atom. The van der Waals surface area contributed by atoms with Crippen LogP contribution in [0.3, 0.4) is 0 Å². The molecule has 5 rings (SSSR count). The van der Waals surface area contributed by atoms with Crippen LogP contribution < -0.4 is 20.3 Å². The molecule has 0 spiro atoms. The van der Waals surface area contributed by atoms with Crippen LogP contribution in [0.5, 0.6) is 0 Å². The zero-order chi connectivity index (χ0) is 36.2. The van der Waals surface area contributed by atoms with Gasteiger partial charge in [-0.3, -0.25) is 19.1 Å². The van der Waals surface area contributed by atoms with Crippen LogP contribution in [-0.4, -0.2) is 73.8 Å². The lowest BCUT2D eigenvalue weighted by molar-refractivity contribution is -0.139. The van der Waals surface area contributed by atoms with Crippen LogP contribution in [0.2, 0.25) is 0 Å². The number of hydrogen-bond donors (Lipinski definition) is 4. The average Bonchev–Trinajstić information content (AvgIpc) is 3.07. The number of aliphatic carboxylic acids is 1. The van der Waals surface area contributed by atoms with Gasteiger partial charge in [0, 0.05) is 38.0 Å². The molecule has 0 bridgehead atoms. The number of urea groups is 1. The third-order valence-corrected chi connectivity index (χ3v) is 9.95. The number of anilines is 2. The Morgan fingerprint density at radius 2 is 1.54 bits per heavy atom. The lowest BCUT2D eigenvalue weighted by atomic mass is 9.95. The van der Waals surface area contributed by atoms with Crippen LogP contribution in [0.15, 0.2) is 65.6 Å². The standard InChI is InChI=1S/C34H35F2N5O8S/c1-40-16-15-29(42)41(34(40)47)24-11-7-20(8-12-24)17-28(33(45)46)38-32(44)30-26(35)18-23(19-27(30)36)39-50(48,49)25-13-9-21(10-14-25)31(43)37-22-5-3-2-4-6-22/h7-14,18-19,22,28,39H,2-6,15-17H2,1H3,(H,37,43)(H,38,44)(H,45,46)/t28-/m0/s1. The Balaban J connectivity index is 1.23. The minimum atomic E-state index is -4.37. The summed E-state index contributed by atoms with van der Waals surface area (Å²) in [6, 6.07) is 9.85. The first-order valence-electron chi connectivity index (χ1n) is 15.9. The van der Waals surface area contributed by atoms with Crippen molar-refractivity contribution in [3.8, 4) is 0 Å². The van der Waals surface area contributed by atoms with Crippen molar-refractivity contribution in [3.05, 3.63) is 89.0 Å². The van der Waals surface area contributed by atoms with E-state index in [1.54, 1.807) is 7.05 Å². The van der Waals surface area contributed by atoms with E-state index in [4.69, 9.17) is 0 Å². The van der Waals surface area contributed by atoms with Crippen molar-refractivity contribution in [2.75, 3.05) is 23.2 Å². The van der Waals surface area contributed by atoms with Crippen LogP contribution in [-0.2, 0) is 26.0 Å². The van der Waals surface area contributed by atoms with Crippen molar-refractivity contribution in [2.45, 2.75) is 61.9 Å². The number of nitrogens with zero attached hydrogens (tertiary/aromatic N) is 2. The molecular weight excluding hydrogens is 676 g/mol. The molecule has 3 aromatic rings. The molecule has 50 heavy (non-hydrogen) atoms. The number of carboxylic acid groups (broad SMARTS) is 1. The first kappa shape index (κ1) is 35.9. The summed E-state index contributed by atoms with van der Waals surface area (Å²) < 4.78 is 58.1. The van der Waals surface area contributed by atoms with Crippen LogP contribution >= 0.6 is 0 Å². The van der Waals surface area contributed by atoms with Gasteiger partial charge in [0.1, 0.15) is 23.2 Å². The fraction of sp³-hybridized carbons (Fsp3) is 0.324. The topological polar surface area (TPSA) is 182 Å². The first-order valence-corrected chi connectivity index (χ1v) is 17.4. The van der Waals surface area contributed by atoms with Crippen molar-refractivity contribution >= 4 is 51.1 Å². The zero-order valence-electron chi connectivity index (χ0n) is 26.9. The second-order valence-electron chi connectivity index (χ2n) is 12.2. The Hall–Kier alpha value is -5.38. The number of rotatable bonds is 11. The quantitative estimate of drug-likeness (QED) is 0.230. The normalized spacial score (nSPS) is 16.1. The molecule has 13 nitrogen and oxygen atoms in total. The number of carboxylic acids is 1. The van der Waals surface area contributed by atoms with Gasteiger partial charge in [-0.15, -0.1) is 0 Å². The van der Waals surface area contributed by atoms with E-state index < -0.39 is 62.8 Å². The number of benzene rings is 3. The highest BCUT2D eigenvalue weighted by molar-refractivity contribution is 7.92. The van der Waals surface area contributed by atoms with Gasteiger partial charge in [0.25, 0.3) is 21.8 Å². The molecule has 1 aliphatic carbocycles. The van der Waals surface area contributed by atoms with Gasteiger partial charge < -0.3 is 20.6 Å². The van der Waals surface area contributed by atoms with E-state index in [0.29, 0.717) is 17.7 Å². The summed E-state index contributed by atoms with van der Waals surface area (Å²) in [7, 11) is -2.82. The van der Waals surface area contributed by atoms with Gasteiger partial charge in [0.15, 0.2) is 0 Å². The van der Waals surface area contributed by atoms with Gasteiger partial charge in [-0.2, -0.15) is 0 Å². The fourth-order valence-electron chi connectivity index (χ4n) is 5.81. The summed E-state index contributed by atoms with van der Waals surface area (Å²) in [5.41, 5.74) is -0.788. The lowest BCUT2D eigenvalue weighted by Gasteiger charge is -2.31. The molecule has 3 aromatic carbocycles. The summed E-state index contributed by atoms with van der Waals surface area (Å²) in [6.07, 6.45) is 4.72. The number of sulfonamides is 1. The molecule has 4 N–H and O–H groups in total. The van der Waals surface area contributed by atoms with E-state index in [0.717, 1.165) is 37.0 Å². The molecule has 0 radical (unpaired) electrons. The smallest absolute Gasteiger partial charge is 0.331 e. The average molecular weight is 712 g/mol. The van der Waals surface area contributed by atoms with Crippen molar-refractivity contribution in [3.63, 3.8) is 0 Å². The molecule has 1 aliphatic heterocycles. The van der Waals surface area contributed by atoms with Gasteiger partial charge in [0.2, 0.25) is 5.91 Å². The Bertz CT molecular complexity index is 1890.